The number of aryl methyl sites for hydroxylation is 2. The smallest absolute Gasteiger partial charge is 0.101 e. The summed E-state index contributed by atoms with van der Waals surface area (Å²) in [7, 11) is 0. The van der Waals surface area contributed by atoms with Crippen molar-refractivity contribution < 1.29 is 0 Å². The van der Waals surface area contributed by atoms with E-state index >= 15 is 0 Å². The molecule has 70 valence electrons. The summed E-state index contributed by atoms with van der Waals surface area (Å²) < 4.78 is 1.14. The van der Waals surface area contributed by atoms with E-state index in [0.717, 1.165) is 22.2 Å². The highest BCUT2D eigenvalue weighted by molar-refractivity contribution is 7.17. The van der Waals surface area contributed by atoms with Gasteiger partial charge in [-0.15, -0.1) is 11.3 Å². The van der Waals surface area contributed by atoms with Gasteiger partial charge >= 0.3 is 0 Å². The van der Waals surface area contributed by atoms with Crippen molar-refractivity contribution in [3.8, 4) is 6.07 Å². The first-order chi connectivity index (χ1) is 6.77. The Hall–Kier alpha value is -1.33. The normalized spacial score (nSPS) is 10.4. The fourth-order valence-electron chi connectivity index (χ4n) is 1.66. The van der Waals surface area contributed by atoms with Gasteiger partial charge in [-0.3, -0.25) is 0 Å². The molecule has 0 aliphatic carbocycles. The lowest BCUT2D eigenvalue weighted by molar-refractivity contribution is 1.17. The van der Waals surface area contributed by atoms with Crippen molar-refractivity contribution in [2.24, 2.45) is 0 Å². The van der Waals surface area contributed by atoms with Crippen molar-refractivity contribution >= 4 is 21.4 Å². The lowest BCUT2D eigenvalue weighted by atomic mass is 10.0. The van der Waals surface area contributed by atoms with E-state index in [1.165, 1.54) is 10.9 Å². The van der Waals surface area contributed by atoms with E-state index in [0.29, 0.717) is 0 Å². The molecular formula is C12H11NS. The van der Waals surface area contributed by atoms with Crippen molar-refractivity contribution in [3.63, 3.8) is 0 Å². The standard InChI is InChI=1S/C12H11NS/c1-3-9-7-14-12-10(9)5-4-8(2)11(12)6-13/h4-5,7H,3H2,1-2H3. The molecule has 0 unspecified atom stereocenters. The van der Waals surface area contributed by atoms with Gasteiger partial charge in [0.05, 0.1) is 10.3 Å². The van der Waals surface area contributed by atoms with Gasteiger partial charge < -0.3 is 0 Å². The average molecular weight is 201 g/mol. The van der Waals surface area contributed by atoms with Crippen LogP contribution in [0.5, 0.6) is 0 Å². The van der Waals surface area contributed by atoms with Crippen molar-refractivity contribution in [2.75, 3.05) is 0 Å². The third-order valence-corrected chi connectivity index (χ3v) is 3.59. The SMILES string of the molecule is CCc1csc2c(C#N)c(C)ccc12. The lowest BCUT2D eigenvalue weighted by Gasteiger charge is -1.99. The van der Waals surface area contributed by atoms with Crippen LogP contribution in [0, 0.1) is 18.3 Å². The second-order valence-electron chi connectivity index (χ2n) is 3.36. The summed E-state index contributed by atoms with van der Waals surface area (Å²) >= 11 is 1.68. The third-order valence-electron chi connectivity index (χ3n) is 2.52. The Morgan fingerprint density at radius 2 is 2.21 bits per heavy atom. The molecule has 0 spiro atoms. The molecule has 0 saturated heterocycles. The number of rotatable bonds is 1. The molecule has 2 aromatic rings. The minimum Gasteiger partial charge on any atom is -0.192 e. The number of hydrogen-bond acceptors (Lipinski definition) is 2. The highest BCUT2D eigenvalue weighted by Crippen LogP contribution is 2.30. The van der Waals surface area contributed by atoms with Crippen LogP contribution in [0.3, 0.4) is 0 Å². The molecule has 2 heteroatoms. The summed E-state index contributed by atoms with van der Waals surface area (Å²) in [5.41, 5.74) is 3.26. The average Bonchev–Trinajstić information content (AvgIpc) is 2.60. The number of nitriles is 1. The first-order valence-electron chi connectivity index (χ1n) is 4.67. The molecule has 0 aliphatic heterocycles. The van der Waals surface area contributed by atoms with Crippen LogP contribution in [-0.4, -0.2) is 0 Å². The fraction of sp³-hybridized carbons (Fsp3) is 0.250. The van der Waals surface area contributed by atoms with Crippen molar-refractivity contribution in [2.45, 2.75) is 20.3 Å². The van der Waals surface area contributed by atoms with Crippen LogP contribution < -0.4 is 0 Å². The first-order valence-corrected chi connectivity index (χ1v) is 5.55. The maximum atomic E-state index is 9.06. The maximum Gasteiger partial charge on any atom is 0.101 e. The predicted octanol–water partition coefficient (Wildman–Crippen LogP) is 3.64. The lowest BCUT2D eigenvalue weighted by Crippen LogP contribution is -1.83. The van der Waals surface area contributed by atoms with Crippen molar-refractivity contribution in [3.05, 3.63) is 34.2 Å². The molecule has 0 aliphatic rings. The molecule has 1 aromatic carbocycles. The summed E-state index contributed by atoms with van der Waals surface area (Å²) in [6, 6.07) is 6.45. The van der Waals surface area contributed by atoms with Crippen LogP contribution in [0.2, 0.25) is 0 Å². The van der Waals surface area contributed by atoms with Crippen LogP contribution in [0.25, 0.3) is 10.1 Å². The molecule has 2 rings (SSSR count). The molecule has 1 nitrogen and oxygen atoms in total. The first kappa shape index (κ1) is 9.23. The topological polar surface area (TPSA) is 23.8 Å². The van der Waals surface area contributed by atoms with E-state index in [4.69, 9.17) is 5.26 Å². The Kier molecular flexibility index (Phi) is 2.26. The fourth-order valence-corrected chi connectivity index (χ4v) is 2.87. The minimum atomic E-state index is 0.840. The molecule has 0 N–H and O–H groups in total. The zero-order valence-electron chi connectivity index (χ0n) is 8.29. The van der Waals surface area contributed by atoms with Crippen molar-refractivity contribution in [1.82, 2.24) is 0 Å². The van der Waals surface area contributed by atoms with Gasteiger partial charge in [0.1, 0.15) is 6.07 Å². The Balaban J connectivity index is 2.85. The number of fused-ring (bicyclic) bond motifs is 1. The zero-order chi connectivity index (χ0) is 10.1. The van der Waals surface area contributed by atoms with Gasteiger partial charge in [-0.05, 0) is 35.2 Å². The van der Waals surface area contributed by atoms with Gasteiger partial charge in [0.25, 0.3) is 0 Å². The predicted molar refractivity (Wildman–Crippen MR) is 60.7 cm³/mol. The summed E-state index contributed by atoms with van der Waals surface area (Å²) in [5, 5.41) is 12.5. The summed E-state index contributed by atoms with van der Waals surface area (Å²) in [6.45, 7) is 4.14. The Morgan fingerprint density at radius 3 is 2.86 bits per heavy atom. The van der Waals surface area contributed by atoms with Crippen LogP contribution in [0.4, 0.5) is 0 Å². The van der Waals surface area contributed by atoms with Gasteiger partial charge in [-0.25, -0.2) is 0 Å². The molecule has 0 fully saturated rings. The largest absolute Gasteiger partial charge is 0.192 e. The Morgan fingerprint density at radius 1 is 1.43 bits per heavy atom. The van der Waals surface area contributed by atoms with Gasteiger partial charge in [0.2, 0.25) is 0 Å². The number of hydrogen-bond donors (Lipinski definition) is 0. The molecule has 1 heterocycles. The molecular weight excluding hydrogens is 190 g/mol. The maximum absolute atomic E-state index is 9.06. The van der Waals surface area contributed by atoms with Crippen LogP contribution in [-0.2, 0) is 6.42 Å². The van der Waals surface area contributed by atoms with Gasteiger partial charge in [0.15, 0.2) is 0 Å². The summed E-state index contributed by atoms with van der Waals surface area (Å²) in [4.78, 5) is 0. The minimum absolute atomic E-state index is 0.840. The number of nitrogens with zero attached hydrogens (tertiary/aromatic N) is 1. The molecule has 0 amide bonds. The van der Waals surface area contributed by atoms with E-state index in [1.807, 2.05) is 13.0 Å². The molecule has 0 radical (unpaired) electrons. The van der Waals surface area contributed by atoms with Crippen molar-refractivity contribution in [1.29, 1.82) is 5.26 Å². The third kappa shape index (κ3) is 1.21. The van der Waals surface area contributed by atoms with Crippen LogP contribution in [0.15, 0.2) is 17.5 Å². The summed E-state index contributed by atoms with van der Waals surface area (Å²) in [6.07, 6.45) is 1.04. The van der Waals surface area contributed by atoms with E-state index in [9.17, 15) is 0 Å². The monoisotopic (exact) mass is 201 g/mol. The quantitative estimate of drug-likeness (QED) is 0.691. The number of thiophene rings is 1. The molecule has 0 bridgehead atoms. The Bertz CT molecular complexity index is 517. The molecule has 0 atom stereocenters. The van der Waals surface area contributed by atoms with Gasteiger partial charge in [0, 0.05) is 0 Å². The second-order valence-corrected chi connectivity index (χ2v) is 4.24. The van der Waals surface area contributed by atoms with E-state index in [2.05, 4.69) is 24.4 Å². The highest BCUT2D eigenvalue weighted by atomic mass is 32.1. The van der Waals surface area contributed by atoms with Crippen LogP contribution in [0.1, 0.15) is 23.6 Å². The van der Waals surface area contributed by atoms with Crippen LogP contribution >= 0.6 is 11.3 Å². The van der Waals surface area contributed by atoms with E-state index < -0.39 is 0 Å². The Labute approximate surface area is 87.6 Å². The summed E-state index contributed by atoms with van der Waals surface area (Å²) in [5.74, 6) is 0. The zero-order valence-corrected chi connectivity index (χ0v) is 9.11. The molecule has 14 heavy (non-hydrogen) atoms. The molecule has 1 aromatic heterocycles. The van der Waals surface area contributed by atoms with Gasteiger partial charge in [-0.2, -0.15) is 5.26 Å². The van der Waals surface area contributed by atoms with Gasteiger partial charge in [-0.1, -0.05) is 19.1 Å². The van der Waals surface area contributed by atoms with E-state index in [1.54, 1.807) is 11.3 Å². The second kappa shape index (κ2) is 3.43. The highest BCUT2D eigenvalue weighted by Gasteiger charge is 2.08. The van der Waals surface area contributed by atoms with E-state index in [-0.39, 0.29) is 0 Å². The number of benzene rings is 1. The molecule has 0 saturated carbocycles.